The number of hydrogen-bond acceptors (Lipinski definition) is 9. The molecule has 0 spiro atoms. The number of aryl methyl sites for hydroxylation is 1. The minimum atomic E-state index is -1.19. The molecule has 1 aromatic carbocycles. The summed E-state index contributed by atoms with van der Waals surface area (Å²) >= 11 is 0. The molecule has 1 aliphatic heterocycles. The fourth-order valence-electron chi connectivity index (χ4n) is 3.26. The van der Waals surface area contributed by atoms with E-state index in [0.717, 1.165) is 56.0 Å². The molecule has 11 nitrogen and oxygen atoms in total. The molecule has 0 unspecified atom stereocenters. The van der Waals surface area contributed by atoms with E-state index in [1.54, 1.807) is 0 Å². The molecule has 1 saturated heterocycles. The molecule has 1 aliphatic rings. The fraction of sp³-hybridized carbons (Fsp3) is 0.421. The van der Waals surface area contributed by atoms with E-state index in [0.29, 0.717) is 17.9 Å². The number of rotatable bonds is 8. The molecule has 30 heavy (non-hydrogen) atoms. The third-order valence-electron chi connectivity index (χ3n) is 4.83. The number of H-pyrrole nitrogens is 1. The van der Waals surface area contributed by atoms with Crippen LogP contribution in [0.2, 0.25) is 0 Å². The first-order chi connectivity index (χ1) is 14.6. The van der Waals surface area contributed by atoms with Gasteiger partial charge in [0.05, 0.1) is 25.3 Å². The Balaban J connectivity index is 1.43. The molecule has 3 N–H and O–H groups in total. The lowest BCUT2D eigenvalue weighted by Crippen LogP contribution is -2.37. The van der Waals surface area contributed by atoms with Crippen molar-refractivity contribution in [2.24, 2.45) is 0 Å². The number of anilines is 2. The smallest absolute Gasteiger partial charge is 0.373 e. The molecule has 3 heterocycles. The highest BCUT2D eigenvalue weighted by molar-refractivity contribution is 5.92. The van der Waals surface area contributed by atoms with Gasteiger partial charge in [-0.2, -0.15) is 4.98 Å². The van der Waals surface area contributed by atoms with Crippen LogP contribution < -0.4 is 10.1 Å². The number of carbonyl (C=O) groups is 1. The molecule has 0 atom stereocenters. The first-order valence-electron chi connectivity index (χ1n) is 9.71. The number of nitrogens with one attached hydrogen (secondary N) is 2. The van der Waals surface area contributed by atoms with Gasteiger partial charge in [-0.05, 0) is 25.0 Å². The molecule has 158 valence electrons. The number of fused-ring (bicyclic) bond motifs is 1. The highest BCUT2D eigenvalue weighted by Crippen LogP contribution is 2.28. The highest BCUT2D eigenvalue weighted by atomic mass is 16.5. The van der Waals surface area contributed by atoms with Crippen LogP contribution in [-0.4, -0.2) is 80.6 Å². The van der Waals surface area contributed by atoms with Gasteiger partial charge in [-0.3, -0.25) is 10.00 Å². The van der Waals surface area contributed by atoms with E-state index in [1.807, 2.05) is 19.1 Å². The molecule has 0 radical (unpaired) electrons. The van der Waals surface area contributed by atoms with Gasteiger partial charge in [0.15, 0.2) is 0 Å². The van der Waals surface area contributed by atoms with Crippen LogP contribution in [0.3, 0.4) is 0 Å². The summed E-state index contributed by atoms with van der Waals surface area (Å²) in [7, 11) is 0. The second-order valence-electron chi connectivity index (χ2n) is 6.95. The van der Waals surface area contributed by atoms with E-state index in [9.17, 15) is 4.79 Å². The Hall–Kier alpha value is -3.31. The number of carboxylic acid groups (broad SMARTS) is 1. The van der Waals surface area contributed by atoms with Crippen molar-refractivity contribution in [2.75, 3.05) is 44.8 Å². The Labute approximate surface area is 172 Å². The number of morpholine rings is 1. The Bertz CT molecular complexity index is 1030. The van der Waals surface area contributed by atoms with Crippen LogP contribution in [0.25, 0.3) is 10.9 Å². The van der Waals surface area contributed by atoms with Crippen molar-refractivity contribution in [3.63, 3.8) is 0 Å². The quantitative estimate of drug-likeness (QED) is 0.467. The van der Waals surface area contributed by atoms with Crippen molar-refractivity contribution in [1.29, 1.82) is 0 Å². The van der Waals surface area contributed by atoms with Crippen LogP contribution >= 0.6 is 0 Å². The Morgan fingerprint density at radius 1 is 1.33 bits per heavy atom. The maximum absolute atomic E-state index is 10.9. The van der Waals surface area contributed by atoms with Gasteiger partial charge in [0.2, 0.25) is 11.8 Å². The summed E-state index contributed by atoms with van der Waals surface area (Å²) in [5.74, 6) is -0.0549. The van der Waals surface area contributed by atoms with Gasteiger partial charge in [0.1, 0.15) is 17.9 Å². The fourth-order valence-corrected chi connectivity index (χ4v) is 3.26. The molecule has 0 aliphatic carbocycles. The predicted molar refractivity (Wildman–Crippen MR) is 108 cm³/mol. The number of nitrogens with zero attached hydrogens (tertiary/aromatic N) is 5. The number of aromatic nitrogens is 5. The normalized spacial score (nSPS) is 14.7. The van der Waals surface area contributed by atoms with Gasteiger partial charge in [-0.15, -0.1) is 5.10 Å². The Morgan fingerprint density at radius 3 is 2.93 bits per heavy atom. The largest absolute Gasteiger partial charge is 0.493 e. The van der Waals surface area contributed by atoms with Crippen molar-refractivity contribution < 1.29 is 19.4 Å². The zero-order valence-electron chi connectivity index (χ0n) is 16.6. The van der Waals surface area contributed by atoms with E-state index in [2.05, 4.69) is 35.4 Å². The van der Waals surface area contributed by atoms with Crippen molar-refractivity contribution >= 4 is 28.6 Å². The summed E-state index contributed by atoms with van der Waals surface area (Å²) in [5.41, 5.74) is 1.66. The molecular weight excluding hydrogens is 390 g/mol. The summed E-state index contributed by atoms with van der Waals surface area (Å²) in [6, 6.07) is 3.81. The van der Waals surface area contributed by atoms with E-state index < -0.39 is 5.97 Å². The molecule has 2 aromatic heterocycles. The molecule has 11 heteroatoms. The lowest BCUT2D eigenvalue weighted by Gasteiger charge is -2.26. The first kappa shape index (κ1) is 20.0. The van der Waals surface area contributed by atoms with E-state index in [4.69, 9.17) is 14.6 Å². The number of aromatic amines is 1. The molecular formula is C19H23N7O4. The van der Waals surface area contributed by atoms with E-state index in [-0.39, 0.29) is 11.8 Å². The maximum atomic E-state index is 10.9. The number of carboxylic acids is 1. The zero-order valence-corrected chi connectivity index (χ0v) is 16.6. The van der Waals surface area contributed by atoms with Crippen LogP contribution in [0.4, 0.5) is 11.8 Å². The average Bonchev–Trinajstić information content (AvgIpc) is 3.22. The minimum Gasteiger partial charge on any atom is -0.493 e. The van der Waals surface area contributed by atoms with Crippen LogP contribution in [-0.2, 0) is 4.74 Å². The van der Waals surface area contributed by atoms with Crippen molar-refractivity contribution in [3.05, 3.63) is 29.8 Å². The second-order valence-corrected chi connectivity index (χ2v) is 6.95. The van der Waals surface area contributed by atoms with Gasteiger partial charge >= 0.3 is 5.97 Å². The summed E-state index contributed by atoms with van der Waals surface area (Å²) in [4.78, 5) is 25.8. The van der Waals surface area contributed by atoms with E-state index in [1.165, 1.54) is 6.33 Å². The Kier molecular flexibility index (Phi) is 6.00. The van der Waals surface area contributed by atoms with Crippen molar-refractivity contribution in [3.8, 4) is 5.75 Å². The number of hydrogen-bond donors (Lipinski definition) is 3. The standard InChI is InChI=1S/C19H23N7O4/c1-12-9-13-14(10-15(12)30-6-2-3-26-4-7-29-8-5-26)20-11-21-16(13)22-19-23-17(18(27)28)24-25-19/h9-11H,2-8H2,1H3,(H,27,28)(H2,20,21,22,23,24,25). The summed E-state index contributed by atoms with van der Waals surface area (Å²) in [6.45, 7) is 7.11. The van der Waals surface area contributed by atoms with Gasteiger partial charge < -0.3 is 19.9 Å². The Morgan fingerprint density at radius 2 is 2.17 bits per heavy atom. The van der Waals surface area contributed by atoms with Crippen LogP contribution in [0.15, 0.2) is 18.5 Å². The summed E-state index contributed by atoms with van der Waals surface area (Å²) in [6.07, 6.45) is 2.36. The van der Waals surface area contributed by atoms with Gasteiger partial charge in [-0.1, -0.05) is 0 Å². The average molecular weight is 413 g/mol. The minimum absolute atomic E-state index is 0.119. The van der Waals surface area contributed by atoms with Crippen LogP contribution in [0, 0.1) is 6.92 Å². The molecule has 1 fully saturated rings. The van der Waals surface area contributed by atoms with E-state index >= 15 is 0 Å². The van der Waals surface area contributed by atoms with Gasteiger partial charge in [0, 0.05) is 31.1 Å². The summed E-state index contributed by atoms with van der Waals surface area (Å²) < 4.78 is 11.4. The maximum Gasteiger partial charge on any atom is 0.373 e. The SMILES string of the molecule is Cc1cc2c(Nc3n[nH]c(C(=O)O)n3)ncnc2cc1OCCCN1CCOCC1. The molecule has 0 amide bonds. The zero-order chi connectivity index (χ0) is 20.9. The van der Waals surface area contributed by atoms with Crippen molar-refractivity contribution in [2.45, 2.75) is 13.3 Å². The number of aromatic carboxylic acids is 1. The highest BCUT2D eigenvalue weighted by Gasteiger charge is 2.14. The molecule has 0 saturated carbocycles. The topological polar surface area (TPSA) is 138 Å². The lowest BCUT2D eigenvalue weighted by molar-refractivity contribution is 0.0358. The number of benzene rings is 1. The third-order valence-corrected chi connectivity index (χ3v) is 4.83. The first-order valence-corrected chi connectivity index (χ1v) is 9.71. The predicted octanol–water partition coefficient (Wildman–Crippen LogP) is 1.60. The second kappa shape index (κ2) is 9.01. The van der Waals surface area contributed by atoms with Crippen molar-refractivity contribution in [1.82, 2.24) is 30.0 Å². The molecule has 4 rings (SSSR count). The lowest BCUT2D eigenvalue weighted by atomic mass is 10.1. The molecule has 0 bridgehead atoms. The summed E-state index contributed by atoms with van der Waals surface area (Å²) in [5, 5.41) is 18.8. The van der Waals surface area contributed by atoms with Crippen LogP contribution in [0.1, 0.15) is 22.6 Å². The monoisotopic (exact) mass is 413 g/mol. The molecule has 3 aromatic rings. The number of ether oxygens (including phenoxy) is 2. The van der Waals surface area contributed by atoms with Gasteiger partial charge in [-0.25, -0.2) is 14.8 Å². The van der Waals surface area contributed by atoms with Crippen LogP contribution in [0.5, 0.6) is 5.75 Å². The third kappa shape index (κ3) is 4.63. The van der Waals surface area contributed by atoms with Gasteiger partial charge in [0.25, 0.3) is 0 Å².